The second-order valence-corrected chi connectivity index (χ2v) is 8.28. The molecular weight excluding hydrogens is 318 g/mol. The van der Waals surface area contributed by atoms with E-state index in [-0.39, 0.29) is 17.9 Å². The fraction of sp³-hybridized carbons (Fsp3) is 0.895. The zero-order valence-corrected chi connectivity index (χ0v) is 15.5. The molecule has 2 saturated heterocycles. The summed E-state index contributed by atoms with van der Waals surface area (Å²) in [6.07, 6.45) is 7.50. The van der Waals surface area contributed by atoms with Crippen LogP contribution in [0.3, 0.4) is 0 Å². The summed E-state index contributed by atoms with van der Waals surface area (Å²) < 4.78 is 0. The lowest BCUT2D eigenvalue weighted by atomic mass is 9.84. The SMILES string of the molecule is CC(=O)NC1CCN(CC2(O)CCCN(C(=O)C3CCC3)CC2)CC1. The number of rotatable bonds is 4. The second kappa shape index (κ2) is 8.04. The van der Waals surface area contributed by atoms with Crippen LogP contribution < -0.4 is 5.32 Å². The molecule has 2 heterocycles. The van der Waals surface area contributed by atoms with Crippen LogP contribution in [-0.2, 0) is 9.59 Å². The van der Waals surface area contributed by atoms with Crippen LogP contribution in [0.15, 0.2) is 0 Å². The van der Waals surface area contributed by atoms with E-state index in [1.807, 2.05) is 4.90 Å². The molecule has 1 saturated carbocycles. The van der Waals surface area contributed by atoms with Gasteiger partial charge in [0.15, 0.2) is 0 Å². The first-order valence-electron chi connectivity index (χ1n) is 9.96. The first-order chi connectivity index (χ1) is 12.0. The topological polar surface area (TPSA) is 72.9 Å². The predicted molar refractivity (Wildman–Crippen MR) is 96.0 cm³/mol. The average Bonchev–Trinajstić information content (AvgIpc) is 2.69. The van der Waals surface area contributed by atoms with Crippen LogP contribution in [0.4, 0.5) is 0 Å². The van der Waals surface area contributed by atoms with Crippen molar-refractivity contribution in [1.82, 2.24) is 15.1 Å². The smallest absolute Gasteiger partial charge is 0.225 e. The Balaban J connectivity index is 1.46. The van der Waals surface area contributed by atoms with E-state index in [0.29, 0.717) is 25.4 Å². The molecule has 1 aliphatic carbocycles. The third-order valence-corrected chi connectivity index (χ3v) is 6.20. The van der Waals surface area contributed by atoms with Crippen LogP contribution in [0.5, 0.6) is 0 Å². The van der Waals surface area contributed by atoms with Gasteiger partial charge in [-0.3, -0.25) is 9.59 Å². The highest BCUT2D eigenvalue weighted by atomic mass is 16.3. The number of nitrogens with zero attached hydrogens (tertiary/aromatic N) is 2. The Morgan fingerprint density at radius 2 is 1.76 bits per heavy atom. The first kappa shape index (κ1) is 18.6. The average molecular weight is 351 g/mol. The number of hydrogen-bond acceptors (Lipinski definition) is 4. The Hall–Kier alpha value is -1.14. The minimum atomic E-state index is -0.685. The molecule has 0 aromatic rings. The number of carbonyl (C=O) groups excluding carboxylic acids is 2. The van der Waals surface area contributed by atoms with Crippen molar-refractivity contribution in [3.8, 4) is 0 Å². The molecule has 1 atom stereocenters. The molecule has 2 N–H and O–H groups in total. The Labute approximate surface area is 150 Å². The number of piperidine rings is 1. The van der Waals surface area contributed by atoms with Crippen LogP contribution in [0.1, 0.15) is 58.3 Å². The molecule has 3 fully saturated rings. The van der Waals surface area contributed by atoms with E-state index in [0.717, 1.165) is 58.2 Å². The Morgan fingerprint density at radius 3 is 2.36 bits per heavy atom. The van der Waals surface area contributed by atoms with Crippen molar-refractivity contribution in [3.05, 3.63) is 0 Å². The van der Waals surface area contributed by atoms with E-state index < -0.39 is 5.60 Å². The second-order valence-electron chi connectivity index (χ2n) is 8.28. The Kier molecular flexibility index (Phi) is 6.00. The molecule has 142 valence electrons. The highest BCUT2D eigenvalue weighted by Gasteiger charge is 2.36. The molecule has 0 aromatic carbocycles. The van der Waals surface area contributed by atoms with Crippen molar-refractivity contribution < 1.29 is 14.7 Å². The fourth-order valence-corrected chi connectivity index (χ4v) is 4.41. The van der Waals surface area contributed by atoms with Gasteiger partial charge in [0, 0.05) is 51.6 Å². The number of aliphatic hydroxyl groups is 1. The minimum absolute atomic E-state index is 0.0390. The van der Waals surface area contributed by atoms with Crippen molar-refractivity contribution in [1.29, 1.82) is 0 Å². The first-order valence-corrected chi connectivity index (χ1v) is 9.96. The zero-order valence-electron chi connectivity index (χ0n) is 15.5. The van der Waals surface area contributed by atoms with E-state index >= 15 is 0 Å². The molecule has 3 aliphatic rings. The van der Waals surface area contributed by atoms with Gasteiger partial charge in [-0.2, -0.15) is 0 Å². The molecule has 1 unspecified atom stereocenters. The maximum Gasteiger partial charge on any atom is 0.225 e. The van der Waals surface area contributed by atoms with E-state index in [1.54, 1.807) is 6.92 Å². The van der Waals surface area contributed by atoms with Gasteiger partial charge in [0.2, 0.25) is 11.8 Å². The quantitative estimate of drug-likeness (QED) is 0.796. The molecule has 2 aliphatic heterocycles. The molecule has 3 rings (SSSR count). The maximum absolute atomic E-state index is 12.5. The summed E-state index contributed by atoms with van der Waals surface area (Å²) in [6.45, 7) is 5.56. The lowest BCUT2D eigenvalue weighted by Crippen LogP contribution is -2.50. The Bertz CT molecular complexity index is 486. The lowest BCUT2D eigenvalue weighted by Gasteiger charge is -2.38. The molecule has 0 bridgehead atoms. The fourth-order valence-electron chi connectivity index (χ4n) is 4.41. The summed E-state index contributed by atoms with van der Waals surface area (Å²) >= 11 is 0. The third kappa shape index (κ3) is 4.94. The standard InChI is InChI=1S/C19H33N3O3/c1-15(23)20-17-6-11-21(12-7-17)14-19(25)8-3-10-22(13-9-19)18(24)16-4-2-5-16/h16-17,25H,2-14H2,1H3,(H,20,23). The van der Waals surface area contributed by atoms with Crippen molar-refractivity contribution >= 4 is 11.8 Å². The molecular formula is C19H33N3O3. The predicted octanol–water partition coefficient (Wildman–Crippen LogP) is 1.13. The maximum atomic E-state index is 12.5. The number of hydrogen-bond donors (Lipinski definition) is 2. The van der Waals surface area contributed by atoms with Gasteiger partial charge in [0.25, 0.3) is 0 Å². The van der Waals surface area contributed by atoms with Gasteiger partial charge in [-0.1, -0.05) is 6.42 Å². The van der Waals surface area contributed by atoms with Crippen LogP contribution in [0.2, 0.25) is 0 Å². The molecule has 0 aromatic heterocycles. The molecule has 2 amide bonds. The van der Waals surface area contributed by atoms with Gasteiger partial charge < -0.3 is 20.2 Å². The lowest BCUT2D eigenvalue weighted by molar-refractivity contribution is -0.138. The summed E-state index contributed by atoms with van der Waals surface area (Å²) in [6, 6.07) is 0.271. The highest BCUT2D eigenvalue weighted by Crippen LogP contribution is 2.31. The van der Waals surface area contributed by atoms with Crippen LogP contribution in [0.25, 0.3) is 0 Å². The minimum Gasteiger partial charge on any atom is -0.388 e. The van der Waals surface area contributed by atoms with Gasteiger partial charge in [0.05, 0.1) is 5.60 Å². The highest BCUT2D eigenvalue weighted by molar-refractivity contribution is 5.79. The Morgan fingerprint density at radius 1 is 1.04 bits per heavy atom. The summed E-state index contributed by atoms with van der Waals surface area (Å²) in [5.41, 5.74) is -0.685. The van der Waals surface area contributed by atoms with E-state index in [9.17, 15) is 14.7 Å². The number of carbonyl (C=O) groups is 2. The number of amides is 2. The molecule has 6 nitrogen and oxygen atoms in total. The van der Waals surface area contributed by atoms with Gasteiger partial charge in [-0.15, -0.1) is 0 Å². The van der Waals surface area contributed by atoms with Gasteiger partial charge in [0.1, 0.15) is 0 Å². The van der Waals surface area contributed by atoms with Crippen molar-refractivity contribution in [2.45, 2.75) is 69.9 Å². The van der Waals surface area contributed by atoms with Crippen molar-refractivity contribution in [3.63, 3.8) is 0 Å². The van der Waals surface area contributed by atoms with Crippen molar-refractivity contribution in [2.75, 3.05) is 32.7 Å². The van der Waals surface area contributed by atoms with E-state index in [4.69, 9.17) is 0 Å². The summed E-state index contributed by atoms with van der Waals surface area (Å²) in [7, 11) is 0. The van der Waals surface area contributed by atoms with E-state index in [2.05, 4.69) is 10.2 Å². The monoisotopic (exact) mass is 351 g/mol. The number of likely N-dealkylation sites (tertiary alicyclic amines) is 2. The van der Waals surface area contributed by atoms with Gasteiger partial charge >= 0.3 is 0 Å². The van der Waals surface area contributed by atoms with Gasteiger partial charge in [-0.25, -0.2) is 0 Å². The zero-order chi connectivity index (χ0) is 17.9. The summed E-state index contributed by atoms with van der Waals surface area (Å²) in [5, 5.41) is 14.1. The number of β-amino-alcohol motifs (C(OH)–C–C–N with tert-alkyl or cyclic N) is 1. The van der Waals surface area contributed by atoms with Gasteiger partial charge in [-0.05, 0) is 44.9 Å². The van der Waals surface area contributed by atoms with Crippen LogP contribution in [0, 0.1) is 5.92 Å². The summed E-state index contributed by atoms with van der Waals surface area (Å²) in [4.78, 5) is 27.9. The molecule has 25 heavy (non-hydrogen) atoms. The van der Waals surface area contributed by atoms with Crippen molar-refractivity contribution in [2.24, 2.45) is 5.92 Å². The molecule has 0 spiro atoms. The normalized spacial score (nSPS) is 29.8. The summed E-state index contributed by atoms with van der Waals surface area (Å²) in [5.74, 6) is 0.600. The van der Waals surface area contributed by atoms with Crippen LogP contribution in [-0.4, -0.2) is 71.1 Å². The van der Waals surface area contributed by atoms with E-state index in [1.165, 1.54) is 6.42 Å². The third-order valence-electron chi connectivity index (χ3n) is 6.20. The molecule has 6 heteroatoms. The van der Waals surface area contributed by atoms with Crippen LogP contribution >= 0.6 is 0 Å². The largest absolute Gasteiger partial charge is 0.388 e. The molecule has 0 radical (unpaired) electrons. The number of nitrogens with one attached hydrogen (secondary N) is 1.